The van der Waals surface area contributed by atoms with Crippen molar-refractivity contribution < 1.29 is 14.4 Å². The van der Waals surface area contributed by atoms with Gasteiger partial charge in [-0.1, -0.05) is 12.1 Å². The third-order valence-electron chi connectivity index (χ3n) is 3.07. The van der Waals surface area contributed by atoms with E-state index < -0.39 is 6.04 Å². The molecular weight excluding hydrogens is 272 g/mol. The first-order valence-electron chi connectivity index (χ1n) is 6.69. The molecule has 112 valence electrons. The van der Waals surface area contributed by atoms with Crippen molar-refractivity contribution in [3.63, 3.8) is 0 Å². The van der Waals surface area contributed by atoms with Gasteiger partial charge in [0.05, 0.1) is 6.54 Å². The second-order valence-corrected chi connectivity index (χ2v) is 4.83. The lowest BCUT2D eigenvalue weighted by atomic mass is 10.2. The fourth-order valence-electron chi connectivity index (χ4n) is 1.97. The van der Waals surface area contributed by atoms with Crippen LogP contribution in [0, 0.1) is 0 Å². The third kappa shape index (κ3) is 4.57. The Hall–Kier alpha value is -2.41. The van der Waals surface area contributed by atoms with E-state index in [4.69, 9.17) is 0 Å². The van der Waals surface area contributed by atoms with Gasteiger partial charge in [-0.3, -0.25) is 19.7 Å². The summed E-state index contributed by atoms with van der Waals surface area (Å²) in [4.78, 5) is 33.8. The fraction of sp³-hybridized carbons (Fsp3) is 0.357. The Bertz CT molecular complexity index is 532. The van der Waals surface area contributed by atoms with E-state index in [9.17, 15) is 14.4 Å². The van der Waals surface area contributed by atoms with Crippen molar-refractivity contribution in [3.8, 4) is 0 Å². The zero-order valence-corrected chi connectivity index (χ0v) is 11.7. The second-order valence-electron chi connectivity index (χ2n) is 4.83. The number of benzene rings is 1. The highest BCUT2D eigenvalue weighted by atomic mass is 16.2. The van der Waals surface area contributed by atoms with Gasteiger partial charge in [-0.25, -0.2) is 0 Å². The van der Waals surface area contributed by atoms with Crippen LogP contribution in [0.5, 0.6) is 0 Å². The van der Waals surface area contributed by atoms with Crippen LogP contribution in [0.2, 0.25) is 0 Å². The largest absolute Gasteiger partial charge is 0.353 e. The SMILES string of the molecule is CC(=O)Nc1ccc(CNC(=O)C2CNC(=O)CN2)cc1. The molecule has 1 unspecified atom stereocenters. The smallest absolute Gasteiger partial charge is 0.239 e. The zero-order chi connectivity index (χ0) is 15.2. The number of anilines is 1. The molecule has 1 fully saturated rings. The van der Waals surface area contributed by atoms with E-state index in [1.54, 1.807) is 12.1 Å². The number of nitrogens with one attached hydrogen (secondary N) is 4. The lowest BCUT2D eigenvalue weighted by Gasteiger charge is -2.23. The van der Waals surface area contributed by atoms with Crippen molar-refractivity contribution in [1.82, 2.24) is 16.0 Å². The van der Waals surface area contributed by atoms with Crippen LogP contribution in [0.3, 0.4) is 0 Å². The summed E-state index contributed by atoms with van der Waals surface area (Å²) in [5, 5.41) is 11.0. The van der Waals surface area contributed by atoms with E-state index >= 15 is 0 Å². The predicted octanol–water partition coefficient (Wildman–Crippen LogP) is -0.651. The highest BCUT2D eigenvalue weighted by Crippen LogP contribution is 2.09. The molecule has 0 aromatic heterocycles. The Morgan fingerprint density at radius 3 is 2.57 bits per heavy atom. The topological polar surface area (TPSA) is 99.3 Å². The molecule has 2 rings (SSSR count). The first-order chi connectivity index (χ1) is 10.0. The number of rotatable bonds is 4. The molecule has 7 nitrogen and oxygen atoms in total. The first-order valence-corrected chi connectivity index (χ1v) is 6.69. The van der Waals surface area contributed by atoms with Crippen LogP contribution in [-0.4, -0.2) is 36.9 Å². The number of carbonyl (C=O) groups excluding carboxylic acids is 3. The van der Waals surface area contributed by atoms with Crippen molar-refractivity contribution in [2.24, 2.45) is 0 Å². The van der Waals surface area contributed by atoms with E-state index in [0.29, 0.717) is 18.8 Å². The van der Waals surface area contributed by atoms with Crippen molar-refractivity contribution in [2.45, 2.75) is 19.5 Å². The Kier molecular flexibility index (Phi) is 4.89. The van der Waals surface area contributed by atoms with Gasteiger partial charge in [0, 0.05) is 25.7 Å². The summed E-state index contributed by atoms with van der Waals surface area (Å²) >= 11 is 0. The van der Waals surface area contributed by atoms with Gasteiger partial charge in [0.1, 0.15) is 6.04 Å². The first kappa shape index (κ1) is 15.0. The molecule has 0 radical (unpaired) electrons. The van der Waals surface area contributed by atoms with E-state index in [2.05, 4.69) is 21.3 Å². The molecule has 21 heavy (non-hydrogen) atoms. The van der Waals surface area contributed by atoms with E-state index in [0.717, 1.165) is 5.56 Å². The molecule has 3 amide bonds. The van der Waals surface area contributed by atoms with E-state index in [1.165, 1.54) is 6.92 Å². The number of hydrogen-bond acceptors (Lipinski definition) is 4. The molecular formula is C14H18N4O3. The summed E-state index contributed by atoms with van der Waals surface area (Å²) in [6.07, 6.45) is 0. The zero-order valence-electron chi connectivity index (χ0n) is 11.7. The minimum atomic E-state index is -0.402. The molecule has 1 aromatic rings. The van der Waals surface area contributed by atoms with Gasteiger partial charge in [-0.15, -0.1) is 0 Å². The quantitative estimate of drug-likeness (QED) is 0.592. The van der Waals surface area contributed by atoms with Gasteiger partial charge >= 0.3 is 0 Å². The molecule has 0 spiro atoms. The van der Waals surface area contributed by atoms with Crippen LogP contribution in [0.15, 0.2) is 24.3 Å². The molecule has 1 atom stereocenters. The Balaban J connectivity index is 1.81. The summed E-state index contributed by atoms with van der Waals surface area (Å²) in [6.45, 7) is 2.30. The fourth-order valence-corrected chi connectivity index (χ4v) is 1.97. The van der Waals surface area contributed by atoms with Gasteiger partial charge in [0.2, 0.25) is 17.7 Å². The summed E-state index contributed by atoms with van der Waals surface area (Å²) in [5.41, 5.74) is 1.64. The van der Waals surface area contributed by atoms with Gasteiger partial charge in [-0.2, -0.15) is 0 Å². The maximum absolute atomic E-state index is 11.9. The standard InChI is InChI=1S/C14H18N4O3/c1-9(19)18-11-4-2-10(3-5-11)6-17-14(21)12-7-16-13(20)8-15-12/h2-5,12,15H,6-8H2,1H3,(H,16,20)(H,17,21)(H,18,19). The van der Waals surface area contributed by atoms with Crippen LogP contribution in [-0.2, 0) is 20.9 Å². The maximum atomic E-state index is 11.9. The maximum Gasteiger partial charge on any atom is 0.239 e. The highest BCUT2D eigenvalue weighted by molar-refractivity contribution is 5.88. The van der Waals surface area contributed by atoms with E-state index in [1.807, 2.05) is 12.1 Å². The van der Waals surface area contributed by atoms with Crippen molar-refractivity contribution in [2.75, 3.05) is 18.4 Å². The minimum absolute atomic E-state index is 0.104. The van der Waals surface area contributed by atoms with E-state index in [-0.39, 0.29) is 24.3 Å². The van der Waals surface area contributed by atoms with Gasteiger partial charge in [-0.05, 0) is 17.7 Å². The summed E-state index contributed by atoms with van der Waals surface area (Å²) in [6, 6.07) is 6.83. The lowest BCUT2D eigenvalue weighted by molar-refractivity contribution is -0.126. The van der Waals surface area contributed by atoms with Crippen LogP contribution >= 0.6 is 0 Å². The average molecular weight is 290 g/mol. The molecule has 0 aliphatic carbocycles. The molecule has 7 heteroatoms. The van der Waals surface area contributed by atoms with Crippen LogP contribution in [0.1, 0.15) is 12.5 Å². The Morgan fingerprint density at radius 1 is 1.29 bits per heavy atom. The minimum Gasteiger partial charge on any atom is -0.353 e. The number of amides is 3. The second kappa shape index (κ2) is 6.85. The van der Waals surface area contributed by atoms with Crippen molar-refractivity contribution in [1.29, 1.82) is 0 Å². The van der Waals surface area contributed by atoms with Gasteiger partial charge < -0.3 is 16.0 Å². The summed E-state index contributed by atoms with van der Waals surface area (Å²) in [7, 11) is 0. The number of piperazine rings is 1. The molecule has 1 aliphatic rings. The van der Waals surface area contributed by atoms with Crippen LogP contribution < -0.4 is 21.3 Å². The summed E-state index contributed by atoms with van der Waals surface area (Å²) in [5.74, 6) is -0.380. The van der Waals surface area contributed by atoms with Crippen molar-refractivity contribution >= 4 is 23.4 Å². The monoisotopic (exact) mass is 290 g/mol. The molecule has 4 N–H and O–H groups in total. The normalized spacial score (nSPS) is 17.8. The number of carbonyl (C=O) groups is 3. The van der Waals surface area contributed by atoms with Gasteiger partial charge in [0.25, 0.3) is 0 Å². The molecule has 1 aliphatic heterocycles. The number of hydrogen-bond donors (Lipinski definition) is 4. The molecule has 0 bridgehead atoms. The summed E-state index contributed by atoms with van der Waals surface area (Å²) < 4.78 is 0. The highest BCUT2D eigenvalue weighted by Gasteiger charge is 2.23. The lowest BCUT2D eigenvalue weighted by Crippen LogP contribution is -2.57. The average Bonchev–Trinajstić information content (AvgIpc) is 2.46. The Morgan fingerprint density at radius 2 is 2.00 bits per heavy atom. The molecule has 1 heterocycles. The molecule has 0 saturated carbocycles. The van der Waals surface area contributed by atoms with Gasteiger partial charge in [0.15, 0.2) is 0 Å². The Labute approximate surface area is 122 Å². The third-order valence-corrected chi connectivity index (χ3v) is 3.07. The van der Waals surface area contributed by atoms with Crippen LogP contribution in [0.4, 0.5) is 5.69 Å². The van der Waals surface area contributed by atoms with Crippen molar-refractivity contribution in [3.05, 3.63) is 29.8 Å². The molecule has 1 aromatic carbocycles. The molecule has 1 saturated heterocycles. The predicted molar refractivity (Wildman–Crippen MR) is 77.4 cm³/mol. The van der Waals surface area contributed by atoms with Crippen LogP contribution in [0.25, 0.3) is 0 Å².